The van der Waals surface area contributed by atoms with Gasteiger partial charge in [0.15, 0.2) is 5.78 Å². The standard InChI is InChI=1S/C30H25F4NO4/c31-20-10-17(9-19(13-20)30(32,33)34)28(36)18-11-21-14-38-15-22(12-18)35(21)29(37)39-16-27-25-7-3-1-5-23(25)24-6-2-4-8-26(24)27/h1-10,13,18,21-22,27H,11-12,14-16H2. The van der Waals surface area contributed by atoms with E-state index in [1.165, 1.54) is 0 Å². The highest BCUT2D eigenvalue weighted by atomic mass is 19.4. The number of ketones is 1. The minimum atomic E-state index is -4.77. The Morgan fingerprint density at radius 3 is 2.08 bits per heavy atom. The summed E-state index contributed by atoms with van der Waals surface area (Å²) >= 11 is 0. The summed E-state index contributed by atoms with van der Waals surface area (Å²) in [6.07, 6.45) is -4.89. The number of benzene rings is 3. The summed E-state index contributed by atoms with van der Waals surface area (Å²) < 4.78 is 64.9. The maximum Gasteiger partial charge on any atom is 0.416 e. The second-order valence-electron chi connectivity index (χ2n) is 10.3. The largest absolute Gasteiger partial charge is 0.448 e. The first kappa shape index (κ1) is 25.6. The first-order valence-electron chi connectivity index (χ1n) is 12.8. The maximum atomic E-state index is 13.9. The predicted octanol–water partition coefficient (Wildman–Crippen LogP) is 6.46. The van der Waals surface area contributed by atoms with E-state index in [9.17, 15) is 27.2 Å². The Bertz CT molecular complexity index is 1380. The van der Waals surface area contributed by atoms with Crippen LogP contribution in [0.15, 0.2) is 66.7 Å². The molecular weight excluding hydrogens is 514 g/mol. The van der Waals surface area contributed by atoms with Crippen molar-refractivity contribution in [3.8, 4) is 11.1 Å². The van der Waals surface area contributed by atoms with Gasteiger partial charge >= 0.3 is 12.3 Å². The van der Waals surface area contributed by atoms with Gasteiger partial charge in [0, 0.05) is 17.4 Å². The van der Waals surface area contributed by atoms with Crippen LogP contribution < -0.4 is 0 Å². The minimum Gasteiger partial charge on any atom is -0.448 e. The quantitative estimate of drug-likeness (QED) is 0.282. The minimum absolute atomic E-state index is 0.104. The highest BCUT2D eigenvalue weighted by Crippen LogP contribution is 2.45. The molecule has 6 rings (SSSR count). The summed E-state index contributed by atoms with van der Waals surface area (Å²) in [7, 11) is 0. The van der Waals surface area contributed by atoms with Crippen molar-refractivity contribution in [2.45, 2.75) is 37.0 Å². The van der Waals surface area contributed by atoms with E-state index >= 15 is 0 Å². The van der Waals surface area contributed by atoms with E-state index in [1.54, 1.807) is 4.90 Å². The molecule has 1 amide bonds. The average molecular weight is 540 g/mol. The average Bonchev–Trinajstić information content (AvgIpc) is 3.23. The molecule has 2 fully saturated rings. The van der Waals surface area contributed by atoms with Crippen LogP contribution in [-0.4, -0.2) is 48.7 Å². The fourth-order valence-corrected chi connectivity index (χ4v) is 6.23. The Kier molecular flexibility index (Phi) is 6.41. The second-order valence-corrected chi connectivity index (χ2v) is 10.3. The summed E-state index contributed by atoms with van der Waals surface area (Å²) in [4.78, 5) is 28.1. The van der Waals surface area contributed by atoms with Crippen molar-refractivity contribution in [2.24, 2.45) is 5.92 Å². The zero-order valence-electron chi connectivity index (χ0n) is 20.8. The number of ether oxygens (including phenoxy) is 2. The molecule has 3 aliphatic rings. The smallest absolute Gasteiger partial charge is 0.416 e. The number of Topliss-reactive ketones (excluding diaryl/α,β-unsaturated/α-hetero) is 1. The molecule has 2 bridgehead atoms. The number of amides is 1. The van der Waals surface area contributed by atoms with E-state index in [4.69, 9.17) is 9.47 Å². The van der Waals surface area contributed by atoms with Crippen LogP contribution in [0.5, 0.6) is 0 Å². The normalized spacial score (nSPS) is 22.3. The van der Waals surface area contributed by atoms with Gasteiger partial charge in [0.2, 0.25) is 0 Å². The third-order valence-corrected chi connectivity index (χ3v) is 7.95. The molecule has 5 nitrogen and oxygen atoms in total. The van der Waals surface area contributed by atoms with Gasteiger partial charge in [-0.15, -0.1) is 0 Å². The zero-order chi connectivity index (χ0) is 27.3. The van der Waals surface area contributed by atoms with Crippen molar-refractivity contribution in [2.75, 3.05) is 19.8 Å². The van der Waals surface area contributed by atoms with Crippen molar-refractivity contribution < 1.29 is 36.6 Å². The number of nitrogens with zero attached hydrogens (tertiary/aromatic N) is 1. The third kappa shape index (κ3) is 4.69. The zero-order valence-corrected chi connectivity index (χ0v) is 20.8. The molecule has 2 aliphatic heterocycles. The highest BCUT2D eigenvalue weighted by Gasteiger charge is 2.45. The Morgan fingerprint density at radius 1 is 0.897 bits per heavy atom. The number of halogens is 4. The fourth-order valence-electron chi connectivity index (χ4n) is 6.23. The van der Waals surface area contributed by atoms with Crippen LogP contribution in [0.1, 0.15) is 45.8 Å². The molecule has 9 heteroatoms. The Labute approximate surface area is 222 Å². The molecule has 2 saturated heterocycles. The number of alkyl halides is 3. The van der Waals surface area contributed by atoms with Crippen LogP contribution in [0, 0.1) is 11.7 Å². The van der Waals surface area contributed by atoms with Gasteiger partial charge in [-0.05, 0) is 53.3 Å². The third-order valence-electron chi connectivity index (χ3n) is 7.95. The van der Waals surface area contributed by atoms with Gasteiger partial charge in [-0.25, -0.2) is 9.18 Å². The van der Waals surface area contributed by atoms with Crippen molar-refractivity contribution in [1.82, 2.24) is 4.90 Å². The van der Waals surface area contributed by atoms with Crippen LogP contribution in [0.2, 0.25) is 0 Å². The summed E-state index contributed by atoms with van der Waals surface area (Å²) in [6, 6.07) is 17.0. The topological polar surface area (TPSA) is 55.8 Å². The lowest BCUT2D eigenvalue weighted by Gasteiger charge is -2.47. The Balaban J connectivity index is 1.17. The molecule has 3 aromatic rings. The molecule has 0 spiro atoms. The van der Waals surface area contributed by atoms with E-state index in [1.807, 2.05) is 36.4 Å². The van der Waals surface area contributed by atoms with Crippen molar-refractivity contribution in [3.05, 3.63) is 94.8 Å². The molecule has 0 N–H and O–H groups in total. The lowest BCUT2D eigenvalue weighted by Crippen LogP contribution is -2.60. The number of rotatable bonds is 4. The van der Waals surface area contributed by atoms with Crippen LogP contribution in [0.25, 0.3) is 11.1 Å². The van der Waals surface area contributed by atoms with E-state index in [0.717, 1.165) is 28.3 Å². The van der Waals surface area contributed by atoms with E-state index < -0.39 is 47.4 Å². The number of fused-ring (bicyclic) bond motifs is 5. The summed E-state index contributed by atoms with van der Waals surface area (Å²) in [5.41, 5.74) is 2.89. The number of hydrogen-bond donors (Lipinski definition) is 0. The maximum absolute atomic E-state index is 13.9. The van der Waals surface area contributed by atoms with Crippen molar-refractivity contribution in [1.29, 1.82) is 0 Å². The molecule has 0 aromatic heterocycles. The first-order chi connectivity index (χ1) is 18.7. The number of piperidine rings is 1. The van der Waals surface area contributed by atoms with Gasteiger partial charge in [0.25, 0.3) is 0 Å². The number of carbonyl (C=O) groups excluding carboxylic acids is 2. The summed E-state index contributed by atoms with van der Waals surface area (Å²) in [5, 5.41) is 0. The van der Waals surface area contributed by atoms with Crippen LogP contribution in [-0.2, 0) is 15.7 Å². The molecule has 3 aromatic carbocycles. The number of morpholine rings is 1. The van der Waals surface area contributed by atoms with Crippen LogP contribution in [0.4, 0.5) is 22.4 Å². The van der Waals surface area contributed by atoms with Crippen LogP contribution in [0.3, 0.4) is 0 Å². The van der Waals surface area contributed by atoms with Gasteiger partial charge in [0.05, 0.1) is 30.9 Å². The second kappa shape index (κ2) is 9.79. The number of carbonyl (C=O) groups is 2. The lowest BCUT2D eigenvalue weighted by molar-refractivity contribution is -0.137. The Hall–Kier alpha value is -3.72. The molecule has 0 saturated carbocycles. The molecule has 2 atom stereocenters. The SMILES string of the molecule is O=C(c1cc(F)cc(C(F)(F)F)c1)C1CC2COCC(C1)N2C(=O)OCC1c2ccccc2-c2ccccc21. The lowest BCUT2D eigenvalue weighted by atomic mass is 9.80. The molecular formula is C30H25F4NO4. The summed E-state index contributed by atoms with van der Waals surface area (Å²) in [6.45, 7) is 0.512. The van der Waals surface area contributed by atoms with Gasteiger partial charge in [-0.3, -0.25) is 9.69 Å². The van der Waals surface area contributed by atoms with Gasteiger partial charge in [0.1, 0.15) is 12.4 Å². The predicted molar refractivity (Wildman–Crippen MR) is 134 cm³/mol. The van der Waals surface area contributed by atoms with Gasteiger partial charge < -0.3 is 9.47 Å². The van der Waals surface area contributed by atoms with Gasteiger partial charge in [-0.1, -0.05) is 48.5 Å². The fraction of sp³-hybridized carbons (Fsp3) is 0.333. The van der Waals surface area contributed by atoms with Gasteiger partial charge in [-0.2, -0.15) is 13.2 Å². The molecule has 1 aliphatic carbocycles. The van der Waals surface area contributed by atoms with Crippen molar-refractivity contribution >= 4 is 11.9 Å². The Morgan fingerprint density at radius 2 is 1.49 bits per heavy atom. The monoisotopic (exact) mass is 539 g/mol. The van der Waals surface area contributed by atoms with E-state index in [0.29, 0.717) is 12.1 Å². The molecule has 2 heterocycles. The molecule has 0 radical (unpaired) electrons. The van der Waals surface area contributed by atoms with Crippen molar-refractivity contribution in [3.63, 3.8) is 0 Å². The first-order valence-corrected chi connectivity index (χ1v) is 12.8. The molecule has 39 heavy (non-hydrogen) atoms. The molecule has 202 valence electrons. The number of hydrogen-bond acceptors (Lipinski definition) is 4. The van der Waals surface area contributed by atoms with Crippen LogP contribution >= 0.6 is 0 Å². The van der Waals surface area contributed by atoms with E-state index in [2.05, 4.69) is 12.1 Å². The summed E-state index contributed by atoms with van der Waals surface area (Å²) in [5.74, 6) is -2.45. The highest BCUT2D eigenvalue weighted by molar-refractivity contribution is 5.98. The molecule has 2 unspecified atom stereocenters. The van der Waals surface area contributed by atoms with E-state index in [-0.39, 0.29) is 44.1 Å².